The maximum Gasteiger partial charge on any atom is 0.142 e. The number of hydrogen-bond donors (Lipinski definition) is 1. The van der Waals surface area contributed by atoms with Crippen molar-refractivity contribution in [2.24, 2.45) is 5.73 Å². The molecule has 0 radical (unpaired) electrons. The highest BCUT2D eigenvalue weighted by Crippen LogP contribution is 2.27. The van der Waals surface area contributed by atoms with Gasteiger partial charge in [0.2, 0.25) is 0 Å². The van der Waals surface area contributed by atoms with E-state index in [1.54, 1.807) is 0 Å². The smallest absolute Gasteiger partial charge is 0.142 e. The molecule has 1 aromatic rings. The van der Waals surface area contributed by atoms with Gasteiger partial charge in [-0.3, -0.25) is 0 Å². The van der Waals surface area contributed by atoms with Gasteiger partial charge in [-0.1, -0.05) is 6.42 Å². The third kappa shape index (κ3) is 5.51. The van der Waals surface area contributed by atoms with Crippen molar-refractivity contribution in [1.82, 2.24) is 9.88 Å². The molecular formula is C15H24Br2N4. The topological polar surface area (TPSA) is 45.4 Å². The van der Waals surface area contributed by atoms with Crippen LogP contribution in [0.25, 0.3) is 0 Å². The summed E-state index contributed by atoms with van der Waals surface area (Å²) >= 11 is 7.08. The summed E-state index contributed by atoms with van der Waals surface area (Å²) in [6, 6.07) is 2.07. The molecule has 0 atom stereocenters. The quantitative estimate of drug-likeness (QED) is 0.718. The number of aromatic nitrogens is 1. The minimum Gasteiger partial charge on any atom is -0.354 e. The van der Waals surface area contributed by atoms with Crippen molar-refractivity contribution in [3.8, 4) is 0 Å². The number of nitrogens with zero attached hydrogens (tertiary/aromatic N) is 3. The molecule has 0 spiro atoms. The van der Waals surface area contributed by atoms with Crippen LogP contribution < -0.4 is 10.6 Å². The summed E-state index contributed by atoms with van der Waals surface area (Å²) in [5.41, 5.74) is 5.55. The molecule has 21 heavy (non-hydrogen) atoms. The van der Waals surface area contributed by atoms with Crippen LogP contribution in [-0.4, -0.2) is 49.2 Å². The van der Waals surface area contributed by atoms with Gasteiger partial charge in [0.05, 0.1) is 4.47 Å². The Morgan fingerprint density at radius 1 is 1.10 bits per heavy atom. The molecule has 0 amide bonds. The van der Waals surface area contributed by atoms with Crippen LogP contribution in [0.5, 0.6) is 0 Å². The molecule has 1 saturated heterocycles. The van der Waals surface area contributed by atoms with Crippen LogP contribution in [0, 0.1) is 0 Å². The van der Waals surface area contributed by atoms with E-state index in [0.29, 0.717) is 0 Å². The van der Waals surface area contributed by atoms with Gasteiger partial charge < -0.3 is 15.5 Å². The van der Waals surface area contributed by atoms with Gasteiger partial charge in [-0.15, -0.1) is 0 Å². The summed E-state index contributed by atoms with van der Waals surface area (Å²) in [4.78, 5) is 9.51. The van der Waals surface area contributed by atoms with Crippen molar-refractivity contribution in [2.75, 3.05) is 44.2 Å². The number of pyridine rings is 1. The predicted molar refractivity (Wildman–Crippen MR) is 95.8 cm³/mol. The summed E-state index contributed by atoms with van der Waals surface area (Å²) in [5, 5.41) is 0. The number of hydrogen-bond acceptors (Lipinski definition) is 4. The highest BCUT2D eigenvalue weighted by Gasteiger charge is 2.17. The van der Waals surface area contributed by atoms with Gasteiger partial charge in [-0.25, -0.2) is 4.98 Å². The van der Waals surface area contributed by atoms with Crippen LogP contribution in [0.1, 0.15) is 25.7 Å². The van der Waals surface area contributed by atoms with Crippen LogP contribution in [0.15, 0.2) is 21.2 Å². The van der Waals surface area contributed by atoms with Crippen LogP contribution in [0.2, 0.25) is 0 Å². The fraction of sp³-hybridized carbons (Fsp3) is 0.667. The minimum atomic E-state index is 0.817. The molecule has 1 aliphatic heterocycles. The van der Waals surface area contributed by atoms with Crippen molar-refractivity contribution in [3.63, 3.8) is 0 Å². The van der Waals surface area contributed by atoms with E-state index in [1.807, 2.05) is 6.20 Å². The van der Waals surface area contributed by atoms with E-state index in [2.05, 4.69) is 52.7 Å². The molecule has 0 unspecified atom stereocenters. The molecule has 0 aromatic carbocycles. The standard InChI is InChI=1S/C15H24Br2N4/c16-13-11-14(17)15(19-12-13)21-8-4-7-20(9-10-21)6-3-1-2-5-18/h11-12H,1-10,18H2. The second-order valence-electron chi connectivity index (χ2n) is 5.49. The zero-order valence-corrected chi connectivity index (χ0v) is 15.6. The molecule has 118 valence electrons. The maximum atomic E-state index is 5.55. The second-order valence-corrected chi connectivity index (χ2v) is 7.26. The van der Waals surface area contributed by atoms with Crippen molar-refractivity contribution < 1.29 is 0 Å². The van der Waals surface area contributed by atoms with Crippen molar-refractivity contribution in [3.05, 3.63) is 21.2 Å². The summed E-state index contributed by atoms with van der Waals surface area (Å²) in [7, 11) is 0. The average Bonchev–Trinajstić information content (AvgIpc) is 2.69. The summed E-state index contributed by atoms with van der Waals surface area (Å²) in [5.74, 6) is 1.06. The van der Waals surface area contributed by atoms with E-state index in [0.717, 1.165) is 47.4 Å². The Labute approximate surface area is 144 Å². The number of halogens is 2. The highest BCUT2D eigenvalue weighted by molar-refractivity contribution is 9.11. The summed E-state index contributed by atoms with van der Waals surface area (Å²) in [6.07, 6.45) is 6.72. The summed E-state index contributed by atoms with van der Waals surface area (Å²) in [6.45, 7) is 6.44. The Hall–Kier alpha value is -0.170. The Kier molecular flexibility index (Phi) is 7.43. The lowest BCUT2D eigenvalue weighted by Crippen LogP contribution is -2.32. The molecule has 1 aromatic heterocycles. The van der Waals surface area contributed by atoms with Crippen LogP contribution in [0.4, 0.5) is 5.82 Å². The number of nitrogens with two attached hydrogens (primary N) is 1. The highest BCUT2D eigenvalue weighted by atomic mass is 79.9. The predicted octanol–water partition coefficient (Wildman–Crippen LogP) is 3.25. The lowest BCUT2D eigenvalue weighted by Gasteiger charge is -2.23. The van der Waals surface area contributed by atoms with E-state index < -0.39 is 0 Å². The number of anilines is 1. The lowest BCUT2D eigenvalue weighted by atomic mass is 10.2. The first-order valence-electron chi connectivity index (χ1n) is 7.69. The van der Waals surface area contributed by atoms with E-state index in [9.17, 15) is 0 Å². The molecule has 2 heterocycles. The van der Waals surface area contributed by atoms with Crippen molar-refractivity contribution in [1.29, 1.82) is 0 Å². The fourth-order valence-electron chi connectivity index (χ4n) is 2.70. The van der Waals surface area contributed by atoms with Crippen LogP contribution in [-0.2, 0) is 0 Å². The normalized spacial score (nSPS) is 17.0. The molecule has 1 aliphatic rings. The Morgan fingerprint density at radius 2 is 1.95 bits per heavy atom. The lowest BCUT2D eigenvalue weighted by molar-refractivity contribution is 0.286. The molecule has 4 nitrogen and oxygen atoms in total. The van der Waals surface area contributed by atoms with Crippen LogP contribution >= 0.6 is 31.9 Å². The zero-order chi connectivity index (χ0) is 15.1. The second kappa shape index (κ2) is 9.08. The van der Waals surface area contributed by atoms with Gasteiger partial charge in [0, 0.05) is 30.3 Å². The van der Waals surface area contributed by atoms with E-state index in [-0.39, 0.29) is 0 Å². The van der Waals surface area contributed by atoms with Gasteiger partial charge in [0.15, 0.2) is 0 Å². The van der Waals surface area contributed by atoms with Crippen molar-refractivity contribution in [2.45, 2.75) is 25.7 Å². The van der Waals surface area contributed by atoms with Crippen LogP contribution in [0.3, 0.4) is 0 Å². The number of rotatable bonds is 6. The monoisotopic (exact) mass is 418 g/mol. The van der Waals surface area contributed by atoms with Crippen molar-refractivity contribution >= 4 is 37.7 Å². The first-order valence-corrected chi connectivity index (χ1v) is 9.27. The van der Waals surface area contributed by atoms with Gasteiger partial charge in [-0.05, 0) is 76.8 Å². The van der Waals surface area contributed by atoms with E-state index >= 15 is 0 Å². The van der Waals surface area contributed by atoms with Gasteiger partial charge in [0.1, 0.15) is 5.82 Å². The molecular weight excluding hydrogens is 396 g/mol. The number of unbranched alkanes of at least 4 members (excludes halogenated alkanes) is 2. The Morgan fingerprint density at radius 3 is 2.71 bits per heavy atom. The first-order chi connectivity index (χ1) is 10.2. The maximum absolute atomic E-state index is 5.55. The van der Waals surface area contributed by atoms with Gasteiger partial charge in [0.25, 0.3) is 0 Å². The zero-order valence-electron chi connectivity index (χ0n) is 12.4. The largest absolute Gasteiger partial charge is 0.354 e. The minimum absolute atomic E-state index is 0.817. The Bertz CT molecular complexity index is 442. The fourth-order valence-corrected chi connectivity index (χ4v) is 3.94. The summed E-state index contributed by atoms with van der Waals surface area (Å²) < 4.78 is 2.07. The van der Waals surface area contributed by atoms with Gasteiger partial charge in [-0.2, -0.15) is 0 Å². The Balaban J connectivity index is 1.85. The molecule has 1 fully saturated rings. The molecule has 0 bridgehead atoms. The van der Waals surface area contributed by atoms with E-state index in [4.69, 9.17) is 5.73 Å². The molecule has 0 saturated carbocycles. The third-order valence-corrected chi connectivity index (χ3v) is 4.87. The SMILES string of the molecule is NCCCCCN1CCCN(c2ncc(Br)cc2Br)CC1. The average molecular weight is 420 g/mol. The molecule has 6 heteroatoms. The van der Waals surface area contributed by atoms with E-state index in [1.165, 1.54) is 32.4 Å². The molecule has 2 rings (SSSR count). The molecule has 2 N–H and O–H groups in total. The first kappa shape index (κ1) is 17.2. The van der Waals surface area contributed by atoms with Gasteiger partial charge >= 0.3 is 0 Å². The third-order valence-electron chi connectivity index (χ3n) is 3.85. The molecule has 0 aliphatic carbocycles.